The quantitative estimate of drug-likeness (QED) is 0.407. The van der Waals surface area contributed by atoms with Gasteiger partial charge in [0, 0.05) is 30.9 Å². The topological polar surface area (TPSA) is 97.5 Å². The van der Waals surface area contributed by atoms with Crippen LogP contribution in [0.4, 0.5) is 0 Å². The number of halogens is 2. The van der Waals surface area contributed by atoms with E-state index in [4.69, 9.17) is 9.68 Å². The van der Waals surface area contributed by atoms with E-state index in [9.17, 15) is 14.7 Å². The van der Waals surface area contributed by atoms with Gasteiger partial charge in [-0.25, -0.2) is 0 Å². The third-order valence-electron chi connectivity index (χ3n) is 6.97. The van der Waals surface area contributed by atoms with E-state index in [0.29, 0.717) is 11.3 Å². The lowest BCUT2D eigenvalue weighted by molar-refractivity contribution is -0.179. The van der Waals surface area contributed by atoms with Crippen LogP contribution >= 0.6 is 31.9 Å². The summed E-state index contributed by atoms with van der Waals surface area (Å²) in [4.78, 5) is 39.7. The molecule has 2 aromatic rings. The number of nitrogens with zero attached hydrogens (tertiary/aromatic N) is 2. The van der Waals surface area contributed by atoms with Gasteiger partial charge in [-0.15, -0.1) is 0 Å². The fourth-order valence-electron chi connectivity index (χ4n) is 5.06. The summed E-state index contributed by atoms with van der Waals surface area (Å²) in [5, 5.41) is 19.2. The number of rotatable bonds is 5. The molecule has 2 heterocycles. The van der Waals surface area contributed by atoms with Crippen molar-refractivity contribution in [1.82, 2.24) is 0 Å². The first-order valence-corrected chi connectivity index (χ1v) is 13.6. The summed E-state index contributed by atoms with van der Waals surface area (Å²) in [5.41, 5.74) is -1.28. The first-order valence-electron chi connectivity index (χ1n) is 12.0. The molecule has 4 unspecified atom stereocenters. The second-order valence-corrected chi connectivity index (χ2v) is 13.4. The summed E-state index contributed by atoms with van der Waals surface area (Å²) >= 11 is 6.85. The van der Waals surface area contributed by atoms with Crippen molar-refractivity contribution in [3.63, 3.8) is 0 Å². The van der Waals surface area contributed by atoms with Gasteiger partial charge < -0.3 is 14.8 Å². The number of hydrogen-bond acceptors (Lipinski definition) is 6. The Hall–Kier alpha value is -2.52. The molecule has 1 N–H and O–H groups in total. The number of benzene rings is 2. The van der Waals surface area contributed by atoms with Crippen molar-refractivity contribution in [2.45, 2.75) is 53.2 Å². The molecule has 2 aliphatic heterocycles. The molecule has 0 spiro atoms. The SMILES string of the molecule is CC(C)(C)C1ON=C(c2ccc(Br)cc2)C1C(=O)C1(C(C)(C)C)ON=C(c2ccc(Br)cc2)C1C(=O)O. The molecule has 4 rings (SSSR count). The van der Waals surface area contributed by atoms with E-state index in [-0.39, 0.29) is 5.71 Å². The Morgan fingerprint density at radius 1 is 0.838 bits per heavy atom. The molecule has 0 aliphatic carbocycles. The second kappa shape index (κ2) is 9.66. The van der Waals surface area contributed by atoms with Gasteiger partial charge >= 0.3 is 5.97 Å². The first-order chi connectivity index (χ1) is 17.2. The standard InChI is InChI=1S/C28H30Br2N2O5/c1-26(2,3)24-19(21(31-36-24)15-7-11-17(29)12-8-15)23(33)28(27(4,5)6)20(25(34)35)22(32-37-28)16-9-13-18(30)14-10-16/h7-14,19-20,24H,1-6H3,(H,34,35). The fourth-order valence-corrected chi connectivity index (χ4v) is 5.58. The molecule has 0 radical (unpaired) electrons. The number of carboxylic acids is 1. The van der Waals surface area contributed by atoms with Crippen molar-refractivity contribution in [2.75, 3.05) is 0 Å². The second-order valence-electron chi connectivity index (χ2n) is 11.5. The Morgan fingerprint density at radius 2 is 1.32 bits per heavy atom. The zero-order valence-corrected chi connectivity index (χ0v) is 24.8. The number of aliphatic carboxylic acids is 1. The number of carbonyl (C=O) groups is 2. The maximum atomic E-state index is 14.8. The molecule has 196 valence electrons. The normalized spacial score (nSPS) is 25.7. The zero-order valence-electron chi connectivity index (χ0n) is 21.6. The number of ketones is 1. The van der Waals surface area contributed by atoms with Crippen LogP contribution in [0.3, 0.4) is 0 Å². The van der Waals surface area contributed by atoms with Crippen LogP contribution in [0.5, 0.6) is 0 Å². The van der Waals surface area contributed by atoms with Gasteiger partial charge in [0.05, 0.1) is 0 Å². The lowest BCUT2D eigenvalue weighted by atomic mass is 9.60. The maximum absolute atomic E-state index is 14.8. The summed E-state index contributed by atoms with van der Waals surface area (Å²) in [6.07, 6.45) is -0.632. The molecule has 0 saturated heterocycles. The van der Waals surface area contributed by atoms with Crippen LogP contribution < -0.4 is 0 Å². The predicted molar refractivity (Wildman–Crippen MR) is 149 cm³/mol. The molecule has 4 atom stereocenters. The minimum Gasteiger partial charge on any atom is -0.481 e. The highest BCUT2D eigenvalue weighted by Crippen LogP contribution is 2.50. The number of oxime groups is 2. The first kappa shape index (κ1) is 27.5. The van der Waals surface area contributed by atoms with Crippen molar-refractivity contribution in [2.24, 2.45) is 33.0 Å². The van der Waals surface area contributed by atoms with Crippen molar-refractivity contribution in [1.29, 1.82) is 0 Å². The van der Waals surface area contributed by atoms with Crippen LogP contribution in [0.1, 0.15) is 52.7 Å². The van der Waals surface area contributed by atoms with E-state index in [1.165, 1.54) is 0 Å². The Kier molecular flexibility index (Phi) is 7.18. The van der Waals surface area contributed by atoms with Gasteiger partial charge in [-0.05, 0) is 24.3 Å². The van der Waals surface area contributed by atoms with Crippen molar-refractivity contribution < 1.29 is 24.4 Å². The summed E-state index contributed by atoms with van der Waals surface area (Å²) in [5.74, 6) is -3.81. The van der Waals surface area contributed by atoms with Crippen LogP contribution in [-0.2, 0) is 19.3 Å². The van der Waals surface area contributed by atoms with Crippen LogP contribution in [0.2, 0.25) is 0 Å². The lowest BCUT2D eigenvalue weighted by Gasteiger charge is -2.43. The molecule has 7 nitrogen and oxygen atoms in total. The fraction of sp³-hybridized carbons (Fsp3) is 0.429. The predicted octanol–water partition coefficient (Wildman–Crippen LogP) is 6.47. The van der Waals surface area contributed by atoms with E-state index in [0.717, 1.165) is 14.5 Å². The number of hydrogen-bond donors (Lipinski definition) is 1. The molecular formula is C28H30Br2N2O5. The van der Waals surface area contributed by atoms with Crippen LogP contribution in [0.25, 0.3) is 0 Å². The largest absolute Gasteiger partial charge is 0.481 e. The van der Waals surface area contributed by atoms with Crippen molar-refractivity contribution in [3.05, 3.63) is 68.6 Å². The summed E-state index contributed by atoms with van der Waals surface area (Å²) in [6, 6.07) is 14.6. The molecule has 9 heteroatoms. The van der Waals surface area contributed by atoms with E-state index < -0.39 is 46.1 Å². The molecule has 2 aliphatic rings. The van der Waals surface area contributed by atoms with Gasteiger partial charge in [0.2, 0.25) is 5.60 Å². The number of carboxylic acid groups (broad SMARTS) is 1. The van der Waals surface area contributed by atoms with Gasteiger partial charge in [0.25, 0.3) is 0 Å². The van der Waals surface area contributed by atoms with Gasteiger partial charge in [0.15, 0.2) is 11.7 Å². The third kappa shape index (κ3) is 4.76. The Bertz CT molecular complexity index is 1270. The maximum Gasteiger partial charge on any atom is 0.317 e. The molecule has 0 saturated carbocycles. The number of carbonyl (C=O) groups excluding carboxylic acids is 1. The molecule has 0 aromatic heterocycles. The summed E-state index contributed by atoms with van der Waals surface area (Å²) in [6.45, 7) is 11.3. The molecule has 0 bridgehead atoms. The van der Waals surface area contributed by atoms with Crippen molar-refractivity contribution in [3.8, 4) is 0 Å². The van der Waals surface area contributed by atoms with E-state index in [1.807, 2.05) is 45.0 Å². The average Bonchev–Trinajstić information content (AvgIpc) is 3.43. The number of Topliss-reactive ketones (excluding diaryl/α,β-unsaturated/α-hetero) is 1. The van der Waals surface area contributed by atoms with Crippen LogP contribution in [-0.4, -0.2) is 40.0 Å². The minimum atomic E-state index is -1.81. The molecule has 0 amide bonds. The minimum absolute atomic E-state index is 0.205. The van der Waals surface area contributed by atoms with Crippen LogP contribution in [0.15, 0.2) is 67.8 Å². The summed E-state index contributed by atoms with van der Waals surface area (Å²) < 4.78 is 1.72. The smallest absolute Gasteiger partial charge is 0.317 e. The van der Waals surface area contributed by atoms with E-state index >= 15 is 0 Å². The average molecular weight is 634 g/mol. The monoisotopic (exact) mass is 632 g/mol. The van der Waals surface area contributed by atoms with E-state index in [1.54, 1.807) is 45.0 Å². The molecule has 2 aromatic carbocycles. The Morgan fingerprint density at radius 3 is 1.76 bits per heavy atom. The van der Waals surface area contributed by atoms with Crippen LogP contribution in [0, 0.1) is 22.7 Å². The van der Waals surface area contributed by atoms with Gasteiger partial charge in [0.1, 0.15) is 23.4 Å². The lowest BCUT2D eigenvalue weighted by Crippen LogP contribution is -2.62. The Balaban J connectivity index is 1.88. The van der Waals surface area contributed by atoms with Gasteiger partial charge in [-0.1, -0.05) is 108 Å². The van der Waals surface area contributed by atoms with Crippen molar-refractivity contribution >= 4 is 55.0 Å². The molecule has 0 fully saturated rings. The van der Waals surface area contributed by atoms with Gasteiger partial charge in [-0.2, -0.15) is 0 Å². The highest BCUT2D eigenvalue weighted by molar-refractivity contribution is 9.10. The van der Waals surface area contributed by atoms with Gasteiger partial charge in [-0.3, -0.25) is 9.59 Å². The molecular weight excluding hydrogens is 604 g/mol. The Labute approximate surface area is 233 Å². The van der Waals surface area contributed by atoms with E-state index in [2.05, 4.69) is 42.2 Å². The molecule has 37 heavy (non-hydrogen) atoms. The highest BCUT2D eigenvalue weighted by atomic mass is 79.9. The zero-order chi connectivity index (χ0) is 27.3. The summed E-state index contributed by atoms with van der Waals surface area (Å²) in [7, 11) is 0. The highest BCUT2D eigenvalue weighted by Gasteiger charge is 2.68. The third-order valence-corrected chi connectivity index (χ3v) is 8.03.